The Morgan fingerprint density at radius 2 is 1.64 bits per heavy atom. The maximum atomic E-state index is 12.9. The average molecular weight is 651 g/mol. The summed E-state index contributed by atoms with van der Waals surface area (Å²) in [5.74, 6) is -0.263. The molecule has 0 saturated heterocycles. The van der Waals surface area contributed by atoms with Gasteiger partial charge in [-0.25, -0.2) is 19.4 Å². The van der Waals surface area contributed by atoms with Gasteiger partial charge in [-0.2, -0.15) is 0 Å². The van der Waals surface area contributed by atoms with Gasteiger partial charge in [0.1, 0.15) is 0 Å². The van der Waals surface area contributed by atoms with Crippen molar-refractivity contribution in [3.8, 4) is 0 Å². The third kappa shape index (κ3) is 14.4. The third-order valence-corrected chi connectivity index (χ3v) is 8.38. The summed E-state index contributed by atoms with van der Waals surface area (Å²) in [7, 11) is 0. The summed E-state index contributed by atoms with van der Waals surface area (Å²) in [5.41, 5.74) is 1.30. The van der Waals surface area contributed by atoms with Gasteiger partial charge in [0.25, 0.3) is 5.56 Å². The van der Waals surface area contributed by atoms with E-state index in [9.17, 15) is 19.2 Å². The van der Waals surface area contributed by atoms with Crippen LogP contribution in [0.25, 0.3) is 6.08 Å². The topological polar surface area (TPSA) is 154 Å². The van der Waals surface area contributed by atoms with E-state index in [2.05, 4.69) is 58.9 Å². The van der Waals surface area contributed by atoms with Crippen LogP contribution < -0.4 is 26.8 Å². The summed E-state index contributed by atoms with van der Waals surface area (Å²) in [4.78, 5) is 55.9. The zero-order chi connectivity index (χ0) is 34.3. The van der Waals surface area contributed by atoms with Crippen LogP contribution >= 0.6 is 0 Å². The molecule has 0 spiro atoms. The molecular formula is C36H54N6O5. The summed E-state index contributed by atoms with van der Waals surface area (Å²) in [5, 5.41) is 11.5. The van der Waals surface area contributed by atoms with Crippen LogP contribution in [-0.4, -0.2) is 47.2 Å². The van der Waals surface area contributed by atoms with Crippen molar-refractivity contribution in [3.05, 3.63) is 58.0 Å². The van der Waals surface area contributed by atoms with Gasteiger partial charge in [0.15, 0.2) is 0 Å². The number of unbranched alkanes of at least 4 members (excludes halogenated alkanes) is 7. The number of nitrogens with zero attached hydrogens (tertiary/aromatic N) is 1. The molecule has 4 amide bonds. The van der Waals surface area contributed by atoms with E-state index >= 15 is 0 Å². The summed E-state index contributed by atoms with van der Waals surface area (Å²) in [6, 6.07) is 7.74. The van der Waals surface area contributed by atoms with Gasteiger partial charge in [0, 0.05) is 36.1 Å². The molecule has 1 aromatic carbocycles. The molecule has 1 aromatic heterocycles. The zero-order valence-electron chi connectivity index (χ0n) is 28.8. The van der Waals surface area contributed by atoms with Gasteiger partial charge in [-0.05, 0) is 67.2 Å². The number of esters is 1. The molecule has 1 aliphatic carbocycles. The normalized spacial score (nSPS) is 18.8. The van der Waals surface area contributed by atoms with E-state index in [4.69, 9.17) is 4.74 Å². The third-order valence-electron chi connectivity index (χ3n) is 8.38. The lowest BCUT2D eigenvalue weighted by atomic mass is 9.62. The predicted molar refractivity (Wildman–Crippen MR) is 187 cm³/mol. The number of amides is 4. The monoisotopic (exact) mass is 650 g/mol. The largest absolute Gasteiger partial charge is 0.463 e. The lowest BCUT2D eigenvalue weighted by molar-refractivity contribution is -0.137. The summed E-state index contributed by atoms with van der Waals surface area (Å²) in [6.45, 7) is 11.2. The molecule has 0 aliphatic heterocycles. The van der Waals surface area contributed by atoms with Crippen LogP contribution in [0.15, 0.2) is 41.2 Å². The Balaban J connectivity index is 1.41. The fourth-order valence-electron chi connectivity index (χ4n) is 6.61. The molecule has 5 N–H and O–H groups in total. The molecule has 2 atom stereocenters. The Labute approximate surface area is 279 Å². The first-order valence-electron chi connectivity index (χ1n) is 17.0. The maximum absolute atomic E-state index is 12.9. The van der Waals surface area contributed by atoms with Crippen molar-refractivity contribution in [1.82, 2.24) is 20.6 Å². The van der Waals surface area contributed by atoms with Crippen molar-refractivity contribution < 1.29 is 19.1 Å². The van der Waals surface area contributed by atoms with Crippen molar-refractivity contribution in [1.29, 1.82) is 0 Å². The van der Waals surface area contributed by atoms with E-state index in [1.165, 1.54) is 50.7 Å². The van der Waals surface area contributed by atoms with E-state index < -0.39 is 6.03 Å². The lowest BCUT2D eigenvalue weighted by Gasteiger charge is -2.46. The summed E-state index contributed by atoms with van der Waals surface area (Å²) >= 11 is 0. The molecule has 0 bridgehead atoms. The zero-order valence-corrected chi connectivity index (χ0v) is 28.8. The van der Waals surface area contributed by atoms with Crippen LogP contribution in [0.1, 0.15) is 110 Å². The number of carbonyl (C=O) groups is 3. The molecule has 3 rings (SSSR count). The van der Waals surface area contributed by atoms with Crippen LogP contribution in [-0.2, 0) is 9.53 Å². The average Bonchev–Trinajstić information content (AvgIpc) is 2.97. The van der Waals surface area contributed by atoms with E-state index in [0.717, 1.165) is 31.2 Å². The summed E-state index contributed by atoms with van der Waals surface area (Å²) < 4.78 is 5.32. The Bertz CT molecular complexity index is 1400. The Hall–Kier alpha value is -4.15. The number of hydrogen-bond acceptors (Lipinski definition) is 6. The number of hydrogen-bond donors (Lipinski definition) is 5. The van der Waals surface area contributed by atoms with Crippen LogP contribution in [0, 0.1) is 17.8 Å². The van der Waals surface area contributed by atoms with Crippen LogP contribution in [0.2, 0.25) is 0 Å². The number of rotatable bonds is 16. The van der Waals surface area contributed by atoms with Gasteiger partial charge < -0.3 is 20.7 Å². The number of carbonyl (C=O) groups excluding carboxylic acids is 3. The van der Waals surface area contributed by atoms with Gasteiger partial charge in [0.05, 0.1) is 6.61 Å². The number of H-pyrrole nitrogens is 1. The molecule has 1 aliphatic rings. The Morgan fingerprint density at radius 3 is 2.32 bits per heavy atom. The molecule has 1 fully saturated rings. The second-order valence-electron chi connectivity index (χ2n) is 14.0. The first-order chi connectivity index (χ1) is 22.3. The maximum Gasteiger partial charge on any atom is 0.330 e. The molecule has 11 heteroatoms. The second kappa shape index (κ2) is 18.3. The highest BCUT2D eigenvalue weighted by Gasteiger charge is 2.42. The quantitative estimate of drug-likeness (QED) is 0.0730. The van der Waals surface area contributed by atoms with Gasteiger partial charge in [-0.1, -0.05) is 84.8 Å². The van der Waals surface area contributed by atoms with Crippen molar-refractivity contribution in [2.45, 2.75) is 111 Å². The van der Waals surface area contributed by atoms with Crippen LogP contribution in [0.4, 0.5) is 21.2 Å². The van der Waals surface area contributed by atoms with Gasteiger partial charge >= 0.3 is 18.0 Å². The minimum atomic E-state index is -0.459. The molecule has 47 heavy (non-hydrogen) atoms. The number of nitrogens with one attached hydrogen (secondary N) is 5. The van der Waals surface area contributed by atoms with Crippen molar-refractivity contribution >= 4 is 35.7 Å². The fourth-order valence-corrected chi connectivity index (χ4v) is 6.61. The van der Waals surface area contributed by atoms with Crippen LogP contribution in [0.5, 0.6) is 0 Å². The lowest BCUT2D eigenvalue weighted by Crippen LogP contribution is -2.51. The number of aromatic amines is 1. The highest BCUT2D eigenvalue weighted by molar-refractivity contribution is 5.90. The second-order valence-corrected chi connectivity index (χ2v) is 14.0. The molecule has 258 valence electrons. The number of anilines is 2. The SMILES string of the molecule is CCCCCCCCCCOC(=O)C=Cc1ccc(NC(=O)NC2CC(C)(C)CC(C)(CNC(=O)Nc3nc(C)cc(=O)[nH]3)C2)cc1. The Kier molecular flexibility index (Phi) is 14.5. The smallest absolute Gasteiger partial charge is 0.330 e. The van der Waals surface area contributed by atoms with E-state index in [-0.39, 0.29) is 40.4 Å². The Morgan fingerprint density at radius 1 is 0.957 bits per heavy atom. The van der Waals surface area contributed by atoms with Gasteiger partial charge in [-0.3, -0.25) is 15.1 Å². The molecule has 0 radical (unpaired) electrons. The molecule has 1 heterocycles. The van der Waals surface area contributed by atoms with Gasteiger partial charge in [0.2, 0.25) is 5.95 Å². The van der Waals surface area contributed by atoms with Crippen LogP contribution in [0.3, 0.4) is 0 Å². The number of aromatic nitrogens is 2. The van der Waals surface area contributed by atoms with Crippen molar-refractivity contribution in [3.63, 3.8) is 0 Å². The minimum Gasteiger partial charge on any atom is -0.463 e. The van der Waals surface area contributed by atoms with E-state index in [0.29, 0.717) is 31.0 Å². The summed E-state index contributed by atoms with van der Waals surface area (Å²) in [6.07, 6.45) is 15.0. The molecule has 11 nitrogen and oxygen atoms in total. The first kappa shape index (κ1) is 37.3. The molecular weight excluding hydrogens is 596 g/mol. The standard InChI is InChI=1S/C36H54N6O5/c1-6-7-8-9-10-11-12-13-20-47-31(44)19-16-27-14-17-28(18-15-27)39-34(46)40-29-22-35(3,4)24-36(5,23-29)25-37-33(45)42-32-38-26(2)21-30(43)41-32/h14-19,21,29H,6-13,20,22-25H2,1-5H3,(H2,39,40,46)(H3,37,38,41,42,43,45). The number of ether oxygens (including phenoxy) is 1. The highest BCUT2D eigenvalue weighted by Crippen LogP contribution is 2.45. The number of aryl methyl sites for hydroxylation is 1. The minimum absolute atomic E-state index is 0.0601. The van der Waals surface area contributed by atoms with E-state index in [1.54, 1.807) is 25.1 Å². The molecule has 2 aromatic rings. The molecule has 1 saturated carbocycles. The van der Waals surface area contributed by atoms with E-state index in [1.807, 2.05) is 12.1 Å². The highest BCUT2D eigenvalue weighted by atomic mass is 16.5. The number of urea groups is 2. The van der Waals surface area contributed by atoms with Gasteiger partial charge in [-0.15, -0.1) is 0 Å². The first-order valence-corrected chi connectivity index (χ1v) is 17.0. The van der Waals surface area contributed by atoms with Crippen molar-refractivity contribution in [2.24, 2.45) is 10.8 Å². The fraction of sp³-hybridized carbons (Fsp3) is 0.583. The van der Waals surface area contributed by atoms with Crippen molar-refractivity contribution in [2.75, 3.05) is 23.8 Å². The molecule has 2 unspecified atom stereocenters. The predicted octanol–water partition coefficient (Wildman–Crippen LogP) is 7.30. The number of benzene rings is 1.